The summed E-state index contributed by atoms with van der Waals surface area (Å²) in [6.45, 7) is 8.59. The molecule has 1 aromatic carbocycles. The van der Waals surface area contributed by atoms with E-state index in [2.05, 4.69) is 46.7 Å². The van der Waals surface area contributed by atoms with E-state index < -0.39 is 12.0 Å². The van der Waals surface area contributed by atoms with Gasteiger partial charge < -0.3 is 15.2 Å². The van der Waals surface area contributed by atoms with Crippen LogP contribution < -0.4 is 10.6 Å². The summed E-state index contributed by atoms with van der Waals surface area (Å²) in [5, 5.41) is 17.3. The summed E-state index contributed by atoms with van der Waals surface area (Å²) in [5.41, 5.74) is 1.96. The van der Waals surface area contributed by atoms with E-state index in [4.69, 9.17) is 4.74 Å². The number of hydrogen-bond acceptors (Lipinski definition) is 5. The lowest BCUT2D eigenvalue weighted by Crippen LogP contribution is -2.85. The van der Waals surface area contributed by atoms with E-state index in [1.54, 1.807) is 0 Å². The normalized spacial score (nSPS) is 33.3. The molecule has 0 spiro atoms. The first kappa shape index (κ1) is 18.7. The third kappa shape index (κ3) is 3.46. The zero-order chi connectivity index (χ0) is 19.4. The molecule has 2 bridgehead atoms. The van der Waals surface area contributed by atoms with Gasteiger partial charge in [-0.05, 0) is 64.5 Å². The minimum atomic E-state index is -0.673. The Labute approximate surface area is 161 Å². The van der Waals surface area contributed by atoms with Crippen LogP contribution in [0.1, 0.15) is 64.1 Å². The fourth-order valence-electron chi connectivity index (χ4n) is 5.08. The Morgan fingerprint density at radius 2 is 1.93 bits per heavy atom. The molecule has 0 saturated heterocycles. The van der Waals surface area contributed by atoms with Crippen LogP contribution in [0, 0.1) is 0 Å². The summed E-state index contributed by atoms with van der Waals surface area (Å²) >= 11 is 0. The summed E-state index contributed by atoms with van der Waals surface area (Å²) < 4.78 is 5.36. The van der Waals surface area contributed by atoms with E-state index in [0.29, 0.717) is 0 Å². The number of alkyl carbamates (subject to hydrolysis) is 1. The van der Waals surface area contributed by atoms with Crippen LogP contribution in [-0.2, 0) is 11.2 Å². The summed E-state index contributed by atoms with van der Waals surface area (Å²) in [6, 6.07) is 8.65. The second-order valence-electron chi connectivity index (χ2n) is 9.60. The fourth-order valence-corrected chi connectivity index (χ4v) is 5.08. The predicted molar refractivity (Wildman–Crippen MR) is 103 cm³/mol. The summed E-state index contributed by atoms with van der Waals surface area (Å²) in [7, 11) is 0. The molecule has 5 rings (SSSR count). The van der Waals surface area contributed by atoms with Gasteiger partial charge >= 0.3 is 6.09 Å². The molecule has 3 N–H and O–H groups in total. The average molecular weight is 373 g/mol. The molecule has 148 valence electrons. The number of amides is 1. The molecule has 3 fully saturated rings. The highest BCUT2D eigenvalue weighted by Crippen LogP contribution is 2.60. The first-order chi connectivity index (χ1) is 12.6. The van der Waals surface area contributed by atoms with Crippen molar-refractivity contribution in [3.05, 3.63) is 35.4 Å². The Balaban J connectivity index is 1.30. The molecule has 1 aliphatic heterocycles. The number of fused-ring (bicyclic) bond motifs is 1. The molecule has 0 radical (unpaired) electrons. The molecule has 6 nitrogen and oxygen atoms in total. The van der Waals surface area contributed by atoms with Crippen molar-refractivity contribution in [2.75, 3.05) is 6.54 Å². The topological polar surface area (TPSA) is 73.8 Å². The molecule has 1 heterocycles. The third-order valence-electron chi connectivity index (χ3n) is 6.19. The largest absolute Gasteiger partial charge is 0.444 e. The molecule has 2 atom stereocenters. The van der Waals surface area contributed by atoms with Crippen molar-refractivity contribution in [2.24, 2.45) is 0 Å². The van der Waals surface area contributed by atoms with Crippen molar-refractivity contribution in [3.63, 3.8) is 0 Å². The molecule has 6 heteroatoms. The van der Waals surface area contributed by atoms with Crippen LogP contribution in [0.3, 0.4) is 0 Å². The summed E-state index contributed by atoms with van der Waals surface area (Å²) in [6.07, 6.45) is 2.46. The number of rotatable bonds is 4. The highest BCUT2D eigenvalue weighted by Gasteiger charge is 2.69. The molecule has 4 aliphatic rings. The predicted octanol–water partition coefficient (Wildman–Crippen LogP) is 2.67. The van der Waals surface area contributed by atoms with Gasteiger partial charge in [0.05, 0.1) is 0 Å². The Morgan fingerprint density at radius 3 is 2.59 bits per heavy atom. The lowest BCUT2D eigenvalue weighted by atomic mass is 9.44. The fraction of sp³-hybridized carbons (Fsp3) is 0.667. The Kier molecular flexibility index (Phi) is 4.29. The molecule has 3 aliphatic carbocycles. The second-order valence-corrected chi connectivity index (χ2v) is 9.60. The Morgan fingerprint density at radius 1 is 1.26 bits per heavy atom. The number of aliphatic hydroxyl groups is 1. The Bertz CT molecular complexity index is 723. The maximum atomic E-state index is 12.0. The zero-order valence-corrected chi connectivity index (χ0v) is 16.7. The highest BCUT2D eigenvalue weighted by molar-refractivity contribution is 5.70. The van der Waals surface area contributed by atoms with Crippen molar-refractivity contribution in [1.82, 2.24) is 15.5 Å². The summed E-state index contributed by atoms with van der Waals surface area (Å²) in [4.78, 5) is 14.1. The van der Waals surface area contributed by atoms with Crippen LogP contribution in [0.5, 0.6) is 0 Å². The minimum absolute atomic E-state index is 0.0644. The third-order valence-corrected chi connectivity index (χ3v) is 6.19. The number of benzene rings is 1. The number of ether oxygens (including phenoxy) is 1. The van der Waals surface area contributed by atoms with Gasteiger partial charge in [-0.2, -0.15) is 0 Å². The maximum absolute atomic E-state index is 12.0. The van der Waals surface area contributed by atoms with Crippen LogP contribution in [0.2, 0.25) is 0 Å². The van der Waals surface area contributed by atoms with E-state index in [9.17, 15) is 9.90 Å². The van der Waals surface area contributed by atoms with Crippen LogP contribution in [-0.4, -0.2) is 45.7 Å². The monoisotopic (exact) mass is 373 g/mol. The van der Waals surface area contributed by atoms with Gasteiger partial charge in [0.2, 0.25) is 0 Å². The van der Waals surface area contributed by atoms with Crippen LogP contribution in [0.4, 0.5) is 4.79 Å². The Hall–Kier alpha value is -1.63. The van der Waals surface area contributed by atoms with Crippen LogP contribution >= 0.6 is 0 Å². The van der Waals surface area contributed by atoms with Gasteiger partial charge in [-0.15, -0.1) is 0 Å². The van der Waals surface area contributed by atoms with Gasteiger partial charge in [-0.25, -0.2) is 4.79 Å². The minimum Gasteiger partial charge on any atom is -0.444 e. The standard InChI is InChI=1S/C21H31N3O3/c1-14-16-8-6-5-7-15(16)9-10-24(14)17(25)22-20-11-21(12-20,13-20)23-18(26)27-19(2,3)4/h5-8,14,17,22,25H,9-13H2,1-4H3,(H,23,26)/t14-,17?,20?,21?/m0/s1. The molecule has 1 unspecified atom stereocenters. The number of carbonyl (C=O) groups is 1. The van der Waals surface area contributed by atoms with Crippen LogP contribution in [0.25, 0.3) is 0 Å². The van der Waals surface area contributed by atoms with Crippen LogP contribution in [0.15, 0.2) is 24.3 Å². The number of nitrogens with zero attached hydrogens (tertiary/aromatic N) is 1. The first-order valence-electron chi connectivity index (χ1n) is 9.91. The number of hydrogen-bond donors (Lipinski definition) is 3. The lowest BCUT2D eigenvalue weighted by molar-refractivity contribution is -0.160. The smallest absolute Gasteiger partial charge is 0.408 e. The van der Waals surface area contributed by atoms with Gasteiger partial charge in [-0.3, -0.25) is 10.2 Å². The molecule has 3 saturated carbocycles. The van der Waals surface area contributed by atoms with Crippen molar-refractivity contribution in [2.45, 2.75) is 82.5 Å². The maximum Gasteiger partial charge on any atom is 0.408 e. The van der Waals surface area contributed by atoms with Crippen molar-refractivity contribution < 1.29 is 14.6 Å². The SMILES string of the molecule is C[C@H]1c2ccccc2CCN1C(O)NC12CC(NC(=O)OC(C)(C)C)(C1)C2. The van der Waals surface area contributed by atoms with E-state index in [-0.39, 0.29) is 23.2 Å². The lowest BCUT2D eigenvalue weighted by Gasteiger charge is -2.71. The van der Waals surface area contributed by atoms with Gasteiger partial charge in [-0.1, -0.05) is 24.3 Å². The van der Waals surface area contributed by atoms with Gasteiger partial charge in [0.15, 0.2) is 6.35 Å². The van der Waals surface area contributed by atoms with Crippen molar-refractivity contribution in [3.8, 4) is 0 Å². The average Bonchev–Trinajstić information content (AvgIpc) is 2.50. The van der Waals surface area contributed by atoms with E-state index in [0.717, 1.165) is 32.2 Å². The zero-order valence-electron chi connectivity index (χ0n) is 16.7. The van der Waals surface area contributed by atoms with Crippen molar-refractivity contribution in [1.29, 1.82) is 0 Å². The van der Waals surface area contributed by atoms with Gasteiger partial charge in [0.1, 0.15) is 5.60 Å². The van der Waals surface area contributed by atoms with Crippen molar-refractivity contribution >= 4 is 6.09 Å². The quantitative estimate of drug-likeness (QED) is 0.708. The molecule has 27 heavy (non-hydrogen) atoms. The molecular weight excluding hydrogens is 342 g/mol. The summed E-state index contributed by atoms with van der Waals surface area (Å²) in [5.74, 6) is 0. The number of carbonyl (C=O) groups excluding carboxylic acids is 1. The molecule has 1 amide bonds. The van der Waals surface area contributed by atoms with E-state index in [1.165, 1.54) is 11.1 Å². The van der Waals surface area contributed by atoms with E-state index >= 15 is 0 Å². The first-order valence-corrected chi connectivity index (χ1v) is 9.91. The molecule has 0 aromatic heterocycles. The number of nitrogens with one attached hydrogen (secondary N) is 2. The van der Waals surface area contributed by atoms with E-state index in [1.807, 2.05) is 20.8 Å². The van der Waals surface area contributed by atoms with Gasteiger partial charge in [0, 0.05) is 23.7 Å². The van der Waals surface area contributed by atoms with Gasteiger partial charge in [0.25, 0.3) is 0 Å². The highest BCUT2D eigenvalue weighted by atomic mass is 16.6. The second kappa shape index (κ2) is 6.19. The molecule has 1 aromatic rings. The molecular formula is C21H31N3O3. The number of aliphatic hydroxyl groups excluding tert-OH is 1.